The molecule has 0 spiro atoms. The van der Waals surface area contributed by atoms with E-state index in [4.69, 9.17) is 0 Å². The van der Waals surface area contributed by atoms with Gasteiger partial charge in [-0.3, -0.25) is 4.79 Å². The number of nitrogens with one attached hydrogen (secondary N) is 1. The predicted molar refractivity (Wildman–Crippen MR) is 80.3 cm³/mol. The third kappa shape index (κ3) is 3.01. The molecule has 0 atom stereocenters. The van der Waals surface area contributed by atoms with Gasteiger partial charge in [0.15, 0.2) is 0 Å². The van der Waals surface area contributed by atoms with Gasteiger partial charge in [0, 0.05) is 4.90 Å². The summed E-state index contributed by atoms with van der Waals surface area (Å²) in [6, 6.07) is 12.1. The molecule has 0 saturated carbocycles. The number of rotatable bonds is 1. The van der Waals surface area contributed by atoms with Crippen molar-refractivity contribution in [2.75, 3.05) is 5.32 Å². The number of benzene rings is 2. The SMILES string of the molecule is O=C1Nc2ccccc2S/C1=C/c1ccc(C(F)(F)F)cc1. The smallest absolute Gasteiger partial charge is 0.320 e. The van der Waals surface area contributed by atoms with Crippen molar-refractivity contribution in [3.05, 3.63) is 64.6 Å². The Balaban J connectivity index is 1.88. The van der Waals surface area contributed by atoms with Crippen molar-refractivity contribution >= 4 is 29.4 Å². The maximum atomic E-state index is 12.5. The second kappa shape index (κ2) is 5.53. The first-order valence-electron chi connectivity index (χ1n) is 6.41. The van der Waals surface area contributed by atoms with Gasteiger partial charge in [0.05, 0.1) is 16.2 Å². The van der Waals surface area contributed by atoms with E-state index >= 15 is 0 Å². The summed E-state index contributed by atoms with van der Waals surface area (Å²) < 4.78 is 37.6. The summed E-state index contributed by atoms with van der Waals surface area (Å²) in [6.07, 6.45) is -2.78. The molecule has 1 N–H and O–H groups in total. The van der Waals surface area contributed by atoms with Crippen LogP contribution in [-0.2, 0) is 11.0 Å². The molecule has 2 aromatic rings. The quantitative estimate of drug-likeness (QED) is 0.765. The summed E-state index contributed by atoms with van der Waals surface area (Å²) in [7, 11) is 0. The van der Waals surface area contributed by atoms with Crippen LogP contribution in [0.4, 0.5) is 18.9 Å². The van der Waals surface area contributed by atoms with Gasteiger partial charge in [-0.25, -0.2) is 0 Å². The lowest BCUT2D eigenvalue weighted by molar-refractivity contribution is -0.137. The van der Waals surface area contributed by atoms with Crippen molar-refractivity contribution in [1.29, 1.82) is 0 Å². The first-order valence-corrected chi connectivity index (χ1v) is 7.22. The normalized spacial score (nSPS) is 16.3. The first-order chi connectivity index (χ1) is 10.4. The Morgan fingerprint density at radius 3 is 2.36 bits per heavy atom. The number of hydrogen-bond donors (Lipinski definition) is 1. The average molecular weight is 321 g/mol. The van der Waals surface area contributed by atoms with E-state index in [0.717, 1.165) is 22.7 Å². The van der Waals surface area contributed by atoms with E-state index in [9.17, 15) is 18.0 Å². The average Bonchev–Trinajstić information content (AvgIpc) is 2.48. The van der Waals surface area contributed by atoms with Crippen LogP contribution in [0.15, 0.2) is 58.3 Å². The Morgan fingerprint density at radius 1 is 1.00 bits per heavy atom. The van der Waals surface area contributed by atoms with Crippen LogP contribution in [0.5, 0.6) is 0 Å². The van der Waals surface area contributed by atoms with Gasteiger partial charge >= 0.3 is 6.18 Å². The summed E-state index contributed by atoms with van der Waals surface area (Å²) in [6.45, 7) is 0. The largest absolute Gasteiger partial charge is 0.416 e. The van der Waals surface area contributed by atoms with Crippen molar-refractivity contribution in [1.82, 2.24) is 0 Å². The van der Waals surface area contributed by atoms with E-state index in [1.54, 1.807) is 12.1 Å². The van der Waals surface area contributed by atoms with Gasteiger partial charge in [0.2, 0.25) is 0 Å². The number of fused-ring (bicyclic) bond motifs is 1. The highest BCUT2D eigenvalue weighted by molar-refractivity contribution is 8.04. The summed E-state index contributed by atoms with van der Waals surface area (Å²) >= 11 is 1.30. The zero-order valence-electron chi connectivity index (χ0n) is 11.1. The molecule has 22 heavy (non-hydrogen) atoms. The Bertz CT molecular complexity index is 751. The number of hydrogen-bond acceptors (Lipinski definition) is 2. The monoisotopic (exact) mass is 321 g/mol. The minimum atomic E-state index is -4.36. The molecule has 0 fully saturated rings. The van der Waals surface area contributed by atoms with E-state index in [1.807, 2.05) is 18.2 Å². The van der Waals surface area contributed by atoms with E-state index in [-0.39, 0.29) is 5.91 Å². The lowest BCUT2D eigenvalue weighted by Gasteiger charge is -2.18. The second-order valence-corrected chi connectivity index (χ2v) is 5.76. The minimum Gasteiger partial charge on any atom is -0.320 e. The number of para-hydroxylation sites is 1. The number of alkyl halides is 3. The van der Waals surface area contributed by atoms with Gasteiger partial charge in [-0.05, 0) is 35.9 Å². The first kappa shape index (κ1) is 14.7. The van der Waals surface area contributed by atoms with Crippen LogP contribution in [0.2, 0.25) is 0 Å². The molecule has 0 radical (unpaired) electrons. The summed E-state index contributed by atoms with van der Waals surface area (Å²) in [5.41, 5.74) is 0.577. The van der Waals surface area contributed by atoms with Crippen molar-refractivity contribution in [3.63, 3.8) is 0 Å². The number of carbonyl (C=O) groups is 1. The van der Waals surface area contributed by atoms with E-state index in [0.29, 0.717) is 10.5 Å². The molecule has 0 bridgehead atoms. The van der Waals surface area contributed by atoms with Crippen LogP contribution in [0.1, 0.15) is 11.1 Å². The molecule has 0 unspecified atom stereocenters. The van der Waals surface area contributed by atoms with Crippen molar-refractivity contribution in [2.24, 2.45) is 0 Å². The molecule has 0 aliphatic carbocycles. The molecule has 1 heterocycles. The van der Waals surface area contributed by atoms with Gasteiger partial charge in [-0.2, -0.15) is 13.2 Å². The molecule has 1 amide bonds. The topological polar surface area (TPSA) is 29.1 Å². The van der Waals surface area contributed by atoms with Crippen LogP contribution in [0.3, 0.4) is 0 Å². The maximum absolute atomic E-state index is 12.5. The van der Waals surface area contributed by atoms with E-state index < -0.39 is 11.7 Å². The van der Waals surface area contributed by atoms with Crippen molar-refractivity contribution in [3.8, 4) is 0 Å². The summed E-state index contributed by atoms with van der Waals surface area (Å²) in [5.74, 6) is -0.261. The van der Waals surface area contributed by atoms with E-state index in [1.165, 1.54) is 23.9 Å². The van der Waals surface area contributed by atoms with E-state index in [2.05, 4.69) is 5.32 Å². The fraction of sp³-hybridized carbons (Fsp3) is 0.0625. The molecule has 112 valence electrons. The molecule has 1 aliphatic rings. The molecule has 1 aliphatic heterocycles. The Morgan fingerprint density at radius 2 is 1.68 bits per heavy atom. The molecule has 0 saturated heterocycles. The number of carbonyl (C=O) groups excluding carboxylic acids is 1. The van der Waals surface area contributed by atoms with Crippen molar-refractivity contribution in [2.45, 2.75) is 11.1 Å². The number of halogens is 3. The van der Waals surface area contributed by atoms with Gasteiger partial charge < -0.3 is 5.32 Å². The molecule has 0 aromatic heterocycles. The van der Waals surface area contributed by atoms with Crippen LogP contribution in [0, 0.1) is 0 Å². The van der Waals surface area contributed by atoms with Gasteiger partial charge in [0.1, 0.15) is 0 Å². The highest BCUT2D eigenvalue weighted by Gasteiger charge is 2.30. The fourth-order valence-corrected chi connectivity index (χ4v) is 2.97. The molecule has 6 heteroatoms. The molecule has 3 rings (SSSR count). The van der Waals surface area contributed by atoms with Crippen LogP contribution in [-0.4, -0.2) is 5.91 Å². The fourth-order valence-electron chi connectivity index (χ4n) is 2.02. The highest BCUT2D eigenvalue weighted by Crippen LogP contribution is 2.38. The Labute approximate surface area is 129 Å². The van der Waals surface area contributed by atoms with Gasteiger partial charge in [0.25, 0.3) is 5.91 Å². The molecule has 2 aromatic carbocycles. The molecule has 2 nitrogen and oxygen atoms in total. The highest BCUT2D eigenvalue weighted by atomic mass is 32.2. The summed E-state index contributed by atoms with van der Waals surface area (Å²) in [5, 5.41) is 2.76. The lowest BCUT2D eigenvalue weighted by atomic mass is 10.1. The van der Waals surface area contributed by atoms with Crippen LogP contribution >= 0.6 is 11.8 Å². The zero-order valence-corrected chi connectivity index (χ0v) is 12.0. The van der Waals surface area contributed by atoms with Crippen LogP contribution in [0.25, 0.3) is 6.08 Å². The zero-order chi connectivity index (χ0) is 15.7. The Kier molecular flexibility index (Phi) is 3.70. The minimum absolute atomic E-state index is 0.261. The number of amides is 1. The molecular formula is C16H10F3NOS. The second-order valence-electron chi connectivity index (χ2n) is 4.68. The number of thioether (sulfide) groups is 1. The predicted octanol–water partition coefficient (Wildman–Crippen LogP) is 4.79. The van der Waals surface area contributed by atoms with Gasteiger partial charge in [-0.1, -0.05) is 36.0 Å². The van der Waals surface area contributed by atoms with Crippen LogP contribution < -0.4 is 5.32 Å². The third-order valence-corrected chi connectivity index (χ3v) is 4.21. The Hall–Kier alpha value is -2.21. The number of anilines is 1. The lowest BCUT2D eigenvalue weighted by Crippen LogP contribution is -2.17. The van der Waals surface area contributed by atoms with Crippen molar-refractivity contribution < 1.29 is 18.0 Å². The maximum Gasteiger partial charge on any atom is 0.416 e. The standard InChI is InChI=1S/C16H10F3NOS/c17-16(18,19)11-7-5-10(6-8-11)9-14-15(21)20-12-3-1-2-4-13(12)22-14/h1-9H,(H,20,21)/b14-9+. The van der Waals surface area contributed by atoms with Gasteiger partial charge in [-0.15, -0.1) is 0 Å². The third-order valence-electron chi connectivity index (χ3n) is 3.11. The summed E-state index contributed by atoms with van der Waals surface area (Å²) in [4.78, 5) is 13.4. The molecular weight excluding hydrogens is 311 g/mol.